The smallest absolute Gasteiger partial charge is 0.255 e. The van der Waals surface area contributed by atoms with Crippen LogP contribution in [0.1, 0.15) is 10.4 Å². The highest BCUT2D eigenvalue weighted by atomic mass is 19.1. The molecule has 1 aromatic carbocycles. The van der Waals surface area contributed by atoms with Gasteiger partial charge in [0.15, 0.2) is 0 Å². The van der Waals surface area contributed by atoms with E-state index in [2.05, 4.69) is 10.4 Å². The average molecular weight is 255 g/mol. The molecule has 0 aliphatic carbocycles. The monoisotopic (exact) mass is 255 g/mol. The van der Waals surface area contributed by atoms with Crippen LogP contribution in [0, 0.1) is 5.82 Å². The number of amides is 1. The van der Waals surface area contributed by atoms with E-state index in [-0.39, 0.29) is 11.7 Å². The van der Waals surface area contributed by atoms with Crippen molar-refractivity contribution in [3.05, 3.63) is 66.2 Å². The lowest BCUT2D eigenvalue weighted by molar-refractivity contribution is 0.102. The Hall–Kier alpha value is -2.69. The predicted molar refractivity (Wildman–Crippen MR) is 69.5 cm³/mol. The fourth-order valence-electron chi connectivity index (χ4n) is 1.80. The lowest BCUT2D eigenvalue weighted by atomic mass is 10.2. The third-order valence-electron chi connectivity index (χ3n) is 2.76. The van der Waals surface area contributed by atoms with Crippen molar-refractivity contribution in [2.45, 2.75) is 0 Å². The van der Waals surface area contributed by atoms with E-state index in [0.29, 0.717) is 11.3 Å². The lowest BCUT2D eigenvalue weighted by Crippen LogP contribution is -2.11. The Morgan fingerprint density at radius 2 is 1.95 bits per heavy atom. The molecule has 0 spiro atoms. The first-order chi connectivity index (χ1) is 9.22. The summed E-state index contributed by atoms with van der Waals surface area (Å²) in [7, 11) is 0. The van der Waals surface area contributed by atoms with E-state index in [1.54, 1.807) is 23.0 Å². The second kappa shape index (κ2) is 4.53. The molecule has 94 valence electrons. The average Bonchev–Trinajstić information content (AvgIpc) is 2.87. The second-order valence-electron chi connectivity index (χ2n) is 4.08. The molecule has 0 bridgehead atoms. The summed E-state index contributed by atoms with van der Waals surface area (Å²) in [5.41, 5.74) is 1.97. The van der Waals surface area contributed by atoms with Gasteiger partial charge in [-0.3, -0.25) is 4.79 Å². The van der Waals surface area contributed by atoms with Gasteiger partial charge < -0.3 is 5.32 Å². The van der Waals surface area contributed by atoms with E-state index in [1.807, 2.05) is 12.1 Å². The minimum atomic E-state index is -0.364. The number of carbonyl (C=O) groups is 1. The van der Waals surface area contributed by atoms with Crippen molar-refractivity contribution in [3.63, 3.8) is 0 Å². The fraction of sp³-hybridized carbons (Fsp3) is 0. The van der Waals surface area contributed by atoms with Gasteiger partial charge in [0.25, 0.3) is 5.91 Å². The Bertz CT molecular complexity index is 734. The number of hydrogen-bond acceptors (Lipinski definition) is 2. The van der Waals surface area contributed by atoms with Crippen molar-refractivity contribution in [1.82, 2.24) is 9.61 Å². The number of pyridine rings is 1. The van der Waals surface area contributed by atoms with Gasteiger partial charge in [-0.2, -0.15) is 5.10 Å². The van der Waals surface area contributed by atoms with Gasteiger partial charge in [0, 0.05) is 23.6 Å². The quantitative estimate of drug-likeness (QED) is 0.765. The Labute approximate surface area is 108 Å². The number of benzene rings is 1. The van der Waals surface area contributed by atoms with Crippen LogP contribution in [0.4, 0.5) is 10.1 Å². The molecule has 0 saturated heterocycles. The van der Waals surface area contributed by atoms with E-state index >= 15 is 0 Å². The summed E-state index contributed by atoms with van der Waals surface area (Å²) in [6, 6.07) is 10.8. The molecule has 0 radical (unpaired) electrons. The molecule has 0 aliphatic rings. The van der Waals surface area contributed by atoms with Crippen molar-refractivity contribution in [3.8, 4) is 0 Å². The van der Waals surface area contributed by atoms with Crippen molar-refractivity contribution >= 4 is 17.1 Å². The van der Waals surface area contributed by atoms with Crippen LogP contribution in [-0.4, -0.2) is 15.5 Å². The number of fused-ring (bicyclic) bond motifs is 1. The van der Waals surface area contributed by atoms with Crippen molar-refractivity contribution in [2.24, 2.45) is 0 Å². The summed E-state index contributed by atoms with van der Waals surface area (Å²) in [5.74, 6) is -0.638. The van der Waals surface area contributed by atoms with Crippen LogP contribution in [0.5, 0.6) is 0 Å². The number of rotatable bonds is 2. The standard InChI is InChI=1S/C14H10FN3O/c15-11-3-1-10(2-4-11)14(19)17-12-6-8-18-13(9-12)5-7-16-18/h1-9H,(H,17,19). The van der Waals surface area contributed by atoms with Gasteiger partial charge in [0.2, 0.25) is 0 Å². The van der Waals surface area contributed by atoms with Crippen LogP contribution < -0.4 is 5.32 Å². The van der Waals surface area contributed by atoms with E-state index in [1.165, 1.54) is 24.3 Å². The van der Waals surface area contributed by atoms with Crippen LogP contribution >= 0.6 is 0 Å². The number of aromatic nitrogens is 2. The van der Waals surface area contributed by atoms with Crippen LogP contribution in [0.25, 0.3) is 5.52 Å². The van der Waals surface area contributed by atoms with E-state index in [4.69, 9.17) is 0 Å². The zero-order valence-electron chi connectivity index (χ0n) is 9.88. The molecule has 0 fully saturated rings. The van der Waals surface area contributed by atoms with Crippen molar-refractivity contribution in [2.75, 3.05) is 5.32 Å². The maximum atomic E-state index is 12.8. The van der Waals surface area contributed by atoms with Crippen LogP contribution in [0.2, 0.25) is 0 Å². The highest BCUT2D eigenvalue weighted by Gasteiger charge is 2.06. The predicted octanol–water partition coefficient (Wildman–Crippen LogP) is 2.73. The number of halogens is 1. The molecule has 1 N–H and O–H groups in total. The zero-order chi connectivity index (χ0) is 13.2. The fourth-order valence-corrected chi connectivity index (χ4v) is 1.80. The molecule has 1 amide bonds. The molecule has 0 unspecified atom stereocenters. The number of hydrogen-bond donors (Lipinski definition) is 1. The van der Waals surface area contributed by atoms with Crippen molar-refractivity contribution in [1.29, 1.82) is 0 Å². The molecule has 2 aromatic heterocycles. The van der Waals surface area contributed by atoms with Gasteiger partial charge in [0.1, 0.15) is 5.82 Å². The minimum Gasteiger partial charge on any atom is -0.322 e. The zero-order valence-corrected chi connectivity index (χ0v) is 9.88. The summed E-state index contributed by atoms with van der Waals surface area (Å²) in [4.78, 5) is 11.9. The van der Waals surface area contributed by atoms with E-state index in [9.17, 15) is 9.18 Å². The highest BCUT2D eigenvalue weighted by molar-refractivity contribution is 6.04. The minimum absolute atomic E-state index is 0.274. The van der Waals surface area contributed by atoms with E-state index in [0.717, 1.165) is 5.52 Å². The summed E-state index contributed by atoms with van der Waals surface area (Å²) in [6.07, 6.45) is 3.44. The van der Waals surface area contributed by atoms with Gasteiger partial charge in [0.05, 0.1) is 5.52 Å². The van der Waals surface area contributed by atoms with Crippen LogP contribution in [-0.2, 0) is 0 Å². The molecule has 19 heavy (non-hydrogen) atoms. The molecular weight excluding hydrogens is 245 g/mol. The van der Waals surface area contributed by atoms with Crippen molar-refractivity contribution < 1.29 is 9.18 Å². The Morgan fingerprint density at radius 1 is 1.16 bits per heavy atom. The lowest BCUT2D eigenvalue weighted by Gasteiger charge is -2.05. The first-order valence-electron chi connectivity index (χ1n) is 5.73. The molecule has 5 heteroatoms. The molecule has 3 rings (SSSR count). The van der Waals surface area contributed by atoms with Crippen LogP contribution in [0.15, 0.2) is 54.9 Å². The maximum absolute atomic E-state index is 12.8. The Morgan fingerprint density at radius 3 is 2.74 bits per heavy atom. The number of nitrogens with one attached hydrogen (secondary N) is 1. The topological polar surface area (TPSA) is 46.4 Å². The van der Waals surface area contributed by atoms with Gasteiger partial charge in [-0.05, 0) is 42.5 Å². The third kappa shape index (κ3) is 2.30. The second-order valence-corrected chi connectivity index (χ2v) is 4.08. The maximum Gasteiger partial charge on any atom is 0.255 e. The highest BCUT2D eigenvalue weighted by Crippen LogP contribution is 2.13. The van der Waals surface area contributed by atoms with Gasteiger partial charge in [-0.15, -0.1) is 0 Å². The van der Waals surface area contributed by atoms with Crippen LogP contribution in [0.3, 0.4) is 0 Å². The molecule has 0 aliphatic heterocycles. The first-order valence-corrected chi connectivity index (χ1v) is 5.73. The van der Waals surface area contributed by atoms with Gasteiger partial charge in [-0.25, -0.2) is 8.91 Å². The molecule has 4 nitrogen and oxygen atoms in total. The van der Waals surface area contributed by atoms with E-state index < -0.39 is 0 Å². The Kier molecular flexibility index (Phi) is 2.72. The number of carbonyl (C=O) groups excluding carboxylic acids is 1. The van der Waals surface area contributed by atoms with Gasteiger partial charge in [-0.1, -0.05) is 0 Å². The first kappa shape index (κ1) is 11.4. The Balaban J connectivity index is 1.83. The largest absolute Gasteiger partial charge is 0.322 e. The molecule has 3 aromatic rings. The summed E-state index contributed by atoms with van der Waals surface area (Å²) in [6.45, 7) is 0. The summed E-state index contributed by atoms with van der Waals surface area (Å²) < 4.78 is 14.5. The molecular formula is C14H10FN3O. The third-order valence-corrected chi connectivity index (χ3v) is 2.76. The molecule has 0 saturated carbocycles. The SMILES string of the molecule is O=C(Nc1ccn2nccc2c1)c1ccc(F)cc1. The van der Waals surface area contributed by atoms with Gasteiger partial charge >= 0.3 is 0 Å². The summed E-state index contributed by atoms with van der Waals surface area (Å²) >= 11 is 0. The molecule has 2 heterocycles. The normalized spacial score (nSPS) is 10.6. The number of nitrogens with zero attached hydrogens (tertiary/aromatic N) is 2. The number of anilines is 1. The molecule has 0 atom stereocenters. The summed E-state index contributed by atoms with van der Waals surface area (Å²) in [5, 5.41) is 6.83.